The van der Waals surface area contributed by atoms with Crippen LogP contribution >= 0.6 is 11.3 Å². The van der Waals surface area contributed by atoms with Gasteiger partial charge in [0.1, 0.15) is 5.01 Å². The molecule has 1 atom stereocenters. The summed E-state index contributed by atoms with van der Waals surface area (Å²) < 4.78 is 5.30. The van der Waals surface area contributed by atoms with E-state index < -0.39 is 12.0 Å². The van der Waals surface area contributed by atoms with Gasteiger partial charge in [-0.05, 0) is 0 Å². The lowest BCUT2D eigenvalue weighted by atomic mass is 10.1. The normalized spacial score (nSPS) is 17.7. The van der Waals surface area contributed by atoms with E-state index in [2.05, 4.69) is 4.98 Å². The first-order valence-corrected chi connectivity index (χ1v) is 8.60. The molecule has 1 N–H and O–H groups in total. The minimum Gasteiger partial charge on any atom is -0.481 e. The monoisotopic (exact) mass is 346 g/mol. The number of hydrogen-bond acceptors (Lipinski definition) is 5. The quantitative estimate of drug-likeness (QED) is 0.896. The van der Waals surface area contributed by atoms with Gasteiger partial charge in [0.2, 0.25) is 5.91 Å². The van der Waals surface area contributed by atoms with E-state index in [0.717, 1.165) is 10.6 Å². The fourth-order valence-electron chi connectivity index (χ4n) is 2.71. The molecule has 1 aromatic heterocycles. The van der Waals surface area contributed by atoms with Gasteiger partial charge in [-0.25, -0.2) is 4.98 Å². The second kappa shape index (κ2) is 7.55. The van der Waals surface area contributed by atoms with E-state index in [1.165, 1.54) is 11.3 Å². The Bertz CT molecular complexity index is 716. The first-order valence-electron chi connectivity index (χ1n) is 7.72. The highest BCUT2D eigenvalue weighted by molar-refractivity contribution is 7.13. The van der Waals surface area contributed by atoms with Crippen LogP contribution in [-0.2, 0) is 20.7 Å². The third-order valence-corrected chi connectivity index (χ3v) is 4.80. The van der Waals surface area contributed by atoms with Gasteiger partial charge in [0.15, 0.2) is 0 Å². The summed E-state index contributed by atoms with van der Waals surface area (Å²) in [6.45, 7) is 1.13. The molecular weight excluding hydrogens is 328 g/mol. The fourth-order valence-corrected chi connectivity index (χ4v) is 3.54. The average molecular weight is 346 g/mol. The number of nitrogens with zero attached hydrogens (tertiary/aromatic N) is 2. The smallest absolute Gasteiger partial charge is 0.305 e. The molecule has 3 rings (SSSR count). The van der Waals surface area contributed by atoms with Gasteiger partial charge in [-0.2, -0.15) is 0 Å². The van der Waals surface area contributed by atoms with Gasteiger partial charge in [0.05, 0.1) is 37.8 Å². The Morgan fingerprint density at radius 1 is 1.33 bits per heavy atom. The van der Waals surface area contributed by atoms with Gasteiger partial charge in [-0.3, -0.25) is 9.59 Å². The first kappa shape index (κ1) is 16.6. The third kappa shape index (κ3) is 3.98. The Balaban J connectivity index is 1.68. The number of rotatable bonds is 5. The molecule has 0 radical (unpaired) electrons. The van der Waals surface area contributed by atoms with E-state index in [4.69, 9.17) is 9.84 Å². The van der Waals surface area contributed by atoms with Crippen molar-refractivity contribution in [3.63, 3.8) is 0 Å². The van der Waals surface area contributed by atoms with Crippen LogP contribution in [0.1, 0.15) is 12.1 Å². The van der Waals surface area contributed by atoms with E-state index in [1.807, 2.05) is 35.7 Å². The van der Waals surface area contributed by atoms with Crippen LogP contribution in [0.3, 0.4) is 0 Å². The van der Waals surface area contributed by atoms with E-state index in [0.29, 0.717) is 18.8 Å². The van der Waals surface area contributed by atoms with Gasteiger partial charge < -0.3 is 14.7 Å². The molecule has 1 unspecified atom stereocenters. The number of ether oxygens (including phenoxy) is 1. The SMILES string of the molecule is O=C(O)CC1COCCN1C(=O)Cc1csc(-c2ccccc2)n1. The largest absolute Gasteiger partial charge is 0.481 e. The summed E-state index contributed by atoms with van der Waals surface area (Å²) in [7, 11) is 0. The van der Waals surface area contributed by atoms with Crippen molar-refractivity contribution in [1.82, 2.24) is 9.88 Å². The Hall–Kier alpha value is -2.25. The molecule has 1 fully saturated rings. The van der Waals surface area contributed by atoms with Crippen molar-refractivity contribution < 1.29 is 19.4 Å². The molecule has 1 amide bonds. The van der Waals surface area contributed by atoms with Crippen LogP contribution in [0.25, 0.3) is 10.6 Å². The Labute approximate surface area is 143 Å². The lowest BCUT2D eigenvalue weighted by Crippen LogP contribution is -2.50. The van der Waals surface area contributed by atoms with Gasteiger partial charge in [-0.15, -0.1) is 11.3 Å². The number of aromatic nitrogens is 1. The van der Waals surface area contributed by atoms with Crippen LogP contribution in [0, 0.1) is 0 Å². The van der Waals surface area contributed by atoms with Crippen molar-refractivity contribution in [1.29, 1.82) is 0 Å². The average Bonchev–Trinajstić information content (AvgIpc) is 3.04. The van der Waals surface area contributed by atoms with E-state index in [9.17, 15) is 9.59 Å². The zero-order valence-electron chi connectivity index (χ0n) is 13.1. The number of carboxylic acids is 1. The number of amides is 1. The van der Waals surface area contributed by atoms with Crippen LogP contribution in [0.5, 0.6) is 0 Å². The number of carbonyl (C=O) groups is 2. The number of morpholine rings is 1. The maximum Gasteiger partial charge on any atom is 0.305 e. The van der Waals surface area contributed by atoms with Crippen LogP contribution < -0.4 is 0 Å². The second-order valence-corrected chi connectivity index (χ2v) is 6.46. The molecule has 0 bridgehead atoms. The molecule has 6 nitrogen and oxygen atoms in total. The van der Waals surface area contributed by atoms with Crippen LogP contribution in [-0.4, -0.2) is 52.7 Å². The number of aliphatic carboxylic acids is 1. The number of benzene rings is 1. The minimum atomic E-state index is -0.927. The lowest BCUT2D eigenvalue weighted by molar-refractivity contribution is -0.145. The highest BCUT2D eigenvalue weighted by Gasteiger charge is 2.29. The van der Waals surface area contributed by atoms with Crippen LogP contribution in [0.15, 0.2) is 35.7 Å². The van der Waals surface area contributed by atoms with Crippen LogP contribution in [0.2, 0.25) is 0 Å². The number of hydrogen-bond donors (Lipinski definition) is 1. The first-order chi connectivity index (χ1) is 11.6. The van der Waals surface area contributed by atoms with Crippen molar-refractivity contribution in [2.75, 3.05) is 19.8 Å². The summed E-state index contributed by atoms with van der Waals surface area (Å²) in [4.78, 5) is 29.6. The summed E-state index contributed by atoms with van der Waals surface area (Å²) in [5.74, 6) is -1.03. The number of carboxylic acid groups (broad SMARTS) is 1. The summed E-state index contributed by atoms with van der Waals surface area (Å²) in [5.41, 5.74) is 1.74. The molecule has 0 spiro atoms. The molecule has 24 heavy (non-hydrogen) atoms. The second-order valence-electron chi connectivity index (χ2n) is 5.60. The Morgan fingerprint density at radius 3 is 2.88 bits per heavy atom. The molecular formula is C17H18N2O4S. The Morgan fingerprint density at radius 2 is 2.12 bits per heavy atom. The molecule has 126 valence electrons. The van der Waals surface area contributed by atoms with E-state index >= 15 is 0 Å². The summed E-state index contributed by atoms with van der Waals surface area (Å²) in [5, 5.41) is 11.7. The molecule has 2 aromatic rings. The molecule has 1 aliphatic heterocycles. The zero-order valence-corrected chi connectivity index (χ0v) is 13.9. The number of carbonyl (C=O) groups excluding carboxylic acids is 1. The molecule has 0 aliphatic carbocycles. The molecule has 1 saturated heterocycles. The topological polar surface area (TPSA) is 79.7 Å². The molecule has 0 saturated carbocycles. The van der Waals surface area contributed by atoms with Crippen molar-refractivity contribution in [3.05, 3.63) is 41.4 Å². The van der Waals surface area contributed by atoms with Crippen molar-refractivity contribution in [2.24, 2.45) is 0 Å². The number of thiazole rings is 1. The maximum absolute atomic E-state index is 12.5. The van der Waals surface area contributed by atoms with Crippen molar-refractivity contribution in [3.8, 4) is 10.6 Å². The zero-order chi connectivity index (χ0) is 16.9. The summed E-state index contributed by atoms with van der Waals surface area (Å²) in [6.07, 6.45) is 0.0809. The molecule has 2 heterocycles. The summed E-state index contributed by atoms with van der Waals surface area (Å²) in [6, 6.07) is 9.40. The molecule has 1 aliphatic rings. The fraction of sp³-hybridized carbons (Fsp3) is 0.353. The third-order valence-electron chi connectivity index (χ3n) is 3.86. The highest BCUT2D eigenvalue weighted by atomic mass is 32.1. The predicted octanol–water partition coefficient (Wildman–Crippen LogP) is 2.05. The summed E-state index contributed by atoms with van der Waals surface area (Å²) >= 11 is 1.50. The predicted molar refractivity (Wildman–Crippen MR) is 89.8 cm³/mol. The van der Waals surface area contributed by atoms with Gasteiger partial charge >= 0.3 is 5.97 Å². The van der Waals surface area contributed by atoms with Crippen molar-refractivity contribution in [2.45, 2.75) is 18.9 Å². The Kier molecular flexibility index (Phi) is 5.22. The van der Waals surface area contributed by atoms with Gasteiger partial charge in [0.25, 0.3) is 0 Å². The maximum atomic E-state index is 12.5. The standard InChI is InChI=1S/C17H18N2O4S/c20-15(19-6-7-23-10-14(19)9-16(21)22)8-13-11-24-17(18-13)12-4-2-1-3-5-12/h1-5,11,14H,6-10H2,(H,21,22). The van der Waals surface area contributed by atoms with Crippen LogP contribution in [0.4, 0.5) is 0 Å². The highest BCUT2D eigenvalue weighted by Crippen LogP contribution is 2.24. The van der Waals surface area contributed by atoms with Gasteiger partial charge in [0, 0.05) is 17.5 Å². The van der Waals surface area contributed by atoms with E-state index in [-0.39, 0.29) is 25.4 Å². The van der Waals surface area contributed by atoms with E-state index in [1.54, 1.807) is 4.90 Å². The molecule has 1 aromatic carbocycles. The van der Waals surface area contributed by atoms with Gasteiger partial charge in [-0.1, -0.05) is 30.3 Å². The molecule has 7 heteroatoms. The lowest BCUT2D eigenvalue weighted by Gasteiger charge is -2.34. The van der Waals surface area contributed by atoms with Crippen molar-refractivity contribution >= 4 is 23.2 Å². The minimum absolute atomic E-state index is 0.0991.